The Morgan fingerprint density at radius 3 is 2.82 bits per heavy atom. The summed E-state index contributed by atoms with van der Waals surface area (Å²) >= 11 is 5.99. The second kappa shape index (κ2) is 7.40. The minimum atomic E-state index is -0.263. The van der Waals surface area contributed by atoms with Gasteiger partial charge < -0.3 is 10.2 Å². The van der Waals surface area contributed by atoms with Gasteiger partial charge in [-0.1, -0.05) is 17.7 Å². The number of carbonyl (C=O) groups excluding carboxylic acids is 2. The van der Waals surface area contributed by atoms with E-state index in [0.717, 1.165) is 41.8 Å². The molecule has 1 aliphatic heterocycles. The molecular weight excluding hydrogens is 374 g/mol. The van der Waals surface area contributed by atoms with Gasteiger partial charge in [0, 0.05) is 16.4 Å². The summed E-state index contributed by atoms with van der Waals surface area (Å²) in [5.41, 5.74) is 5.21. The molecule has 2 aliphatic rings. The Kier molecular flexibility index (Phi) is 4.94. The molecule has 5 nitrogen and oxygen atoms in total. The smallest absolute Gasteiger partial charge is 0.244 e. The lowest BCUT2D eigenvalue weighted by Gasteiger charge is -2.25. The van der Waals surface area contributed by atoms with E-state index < -0.39 is 0 Å². The normalized spacial score (nSPS) is 18.2. The number of amides is 2. The number of rotatable bonds is 3. The van der Waals surface area contributed by atoms with Gasteiger partial charge in [0.05, 0.1) is 17.3 Å². The van der Waals surface area contributed by atoms with Crippen molar-refractivity contribution in [3.05, 3.63) is 52.5 Å². The molecule has 1 aliphatic carbocycles. The maximum atomic E-state index is 13.3. The van der Waals surface area contributed by atoms with E-state index in [0.29, 0.717) is 16.4 Å². The summed E-state index contributed by atoms with van der Waals surface area (Å²) in [5.74, 6) is -0.535. The topological polar surface area (TPSA) is 61.8 Å². The highest BCUT2D eigenvalue weighted by atomic mass is 35.5. The number of aryl methyl sites for hydroxylation is 2. The van der Waals surface area contributed by atoms with Crippen LogP contribution in [-0.2, 0) is 9.59 Å². The third-order valence-electron chi connectivity index (χ3n) is 5.45. The van der Waals surface area contributed by atoms with Crippen molar-refractivity contribution in [3.63, 3.8) is 0 Å². The first kappa shape index (κ1) is 18.7. The SMILES string of the molecule is Cc1cc2c(cc1C)N(CC(=O)Nc1cccc(Cl)c1)C(=O)[C@H]1CCCC1=N2. The molecule has 1 N–H and O–H groups in total. The monoisotopic (exact) mass is 395 g/mol. The molecule has 1 atom stereocenters. The maximum absolute atomic E-state index is 13.3. The first-order valence-corrected chi connectivity index (χ1v) is 9.85. The van der Waals surface area contributed by atoms with Crippen molar-refractivity contribution >= 4 is 46.2 Å². The molecule has 0 bridgehead atoms. The van der Waals surface area contributed by atoms with Crippen molar-refractivity contribution in [2.45, 2.75) is 33.1 Å². The first-order valence-electron chi connectivity index (χ1n) is 9.48. The lowest BCUT2D eigenvalue weighted by atomic mass is 10.0. The molecule has 0 radical (unpaired) electrons. The quantitative estimate of drug-likeness (QED) is 0.810. The number of carbonyl (C=O) groups is 2. The predicted octanol–water partition coefficient (Wildman–Crippen LogP) is 4.81. The van der Waals surface area contributed by atoms with E-state index in [2.05, 4.69) is 5.32 Å². The zero-order chi connectivity index (χ0) is 19.8. The third kappa shape index (κ3) is 3.54. The van der Waals surface area contributed by atoms with Gasteiger partial charge in [-0.3, -0.25) is 14.6 Å². The average Bonchev–Trinajstić information content (AvgIpc) is 3.07. The second-order valence-electron chi connectivity index (χ2n) is 7.46. The molecule has 28 heavy (non-hydrogen) atoms. The lowest BCUT2D eigenvalue weighted by Crippen LogP contribution is -2.42. The van der Waals surface area contributed by atoms with Crippen molar-refractivity contribution in [2.24, 2.45) is 10.9 Å². The third-order valence-corrected chi connectivity index (χ3v) is 5.68. The summed E-state index contributed by atoms with van der Waals surface area (Å²) in [4.78, 5) is 32.4. The fourth-order valence-corrected chi connectivity index (χ4v) is 4.04. The zero-order valence-corrected chi connectivity index (χ0v) is 16.7. The van der Waals surface area contributed by atoms with Gasteiger partial charge in [0.1, 0.15) is 6.54 Å². The van der Waals surface area contributed by atoms with E-state index in [9.17, 15) is 9.59 Å². The minimum absolute atomic E-state index is 0.0421. The van der Waals surface area contributed by atoms with Crippen LogP contribution < -0.4 is 10.2 Å². The molecule has 2 aromatic carbocycles. The van der Waals surface area contributed by atoms with E-state index in [4.69, 9.17) is 16.6 Å². The molecule has 0 unspecified atom stereocenters. The minimum Gasteiger partial charge on any atom is -0.324 e. The van der Waals surface area contributed by atoms with Gasteiger partial charge in [0.15, 0.2) is 0 Å². The standard InChI is InChI=1S/C22H22ClN3O2/c1-13-9-19-20(10-14(13)2)26(22(28)17-7-4-8-18(17)25-19)12-21(27)24-16-6-3-5-15(23)11-16/h3,5-6,9-11,17H,4,7-8,12H2,1-2H3,(H,24,27)/t17-/m0/s1. The number of nitrogens with one attached hydrogen (secondary N) is 1. The molecule has 1 saturated carbocycles. The highest BCUT2D eigenvalue weighted by Gasteiger charge is 2.37. The molecule has 2 aromatic rings. The van der Waals surface area contributed by atoms with E-state index in [1.165, 1.54) is 0 Å². The Hall–Kier alpha value is -2.66. The van der Waals surface area contributed by atoms with Crippen molar-refractivity contribution in [1.29, 1.82) is 0 Å². The van der Waals surface area contributed by atoms with E-state index in [1.54, 1.807) is 29.2 Å². The Morgan fingerprint density at radius 2 is 2.04 bits per heavy atom. The van der Waals surface area contributed by atoms with Gasteiger partial charge in [-0.2, -0.15) is 0 Å². The molecular formula is C22H22ClN3O2. The van der Waals surface area contributed by atoms with Crippen LogP contribution in [0, 0.1) is 19.8 Å². The Bertz CT molecular complexity index is 999. The van der Waals surface area contributed by atoms with Crippen LogP contribution in [0.1, 0.15) is 30.4 Å². The Morgan fingerprint density at radius 1 is 1.25 bits per heavy atom. The zero-order valence-electron chi connectivity index (χ0n) is 16.0. The first-order chi connectivity index (χ1) is 13.4. The van der Waals surface area contributed by atoms with Crippen molar-refractivity contribution < 1.29 is 9.59 Å². The summed E-state index contributed by atoms with van der Waals surface area (Å²) in [6, 6.07) is 10.9. The number of halogens is 1. The van der Waals surface area contributed by atoms with Crippen LogP contribution in [0.2, 0.25) is 5.02 Å². The van der Waals surface area contributed by atoms with Crippen molar-refractivity contribution in [1.82, 2.24) is 0 Å². The molecule has 144 valence electrons. The predicted molar refractivity (Wildman–Crippen MR) is 113 cm³/mol. The molecule has 1 heterocycles. The molecule has 0 aromatic heterocycles. The summed E-state index contributed by atoms with van der Waals surface area (Å²) in [7, 11) is 0. The molecule has 4 rings (SSSR count). The summed E-state index contributed by atoms with van der Waals surface area (Å²) in [6.45, 7) is 3.98. The number of nitrogens with zero attached hydrogens (tertiary/aromatic N) is 2. The van der Waals surface area contributed by atoms with Gasteiger partial charge in [-0.15, -0.1) is 0 Å². The molecule has 6 heteroatoms. The highest BCUT2D eigenvalue weighted by Crippen LogP contribution is 2.39. The molecule has 0 spiro atoms. The number of fused-ring (bicyclic) bond motifs is 2. The highest BCUT2D eigenvalue weighted by molar-refractivity contribution is 6.31. The summed E-state index contributed by atoms with van der Waals surface area (Å²) in [6.07, 6.45) is 2.58. The summed E-state index contributed by atoms with van der Waals surface area (Å²) < 4.78 is 0. The van der Waals surface area contributed by atoms with Gasteiger partial charge in [0.2, 0.25) is 11.8 Å². The van der Waals surface area contributed by atoms with Crippen molar-refractivity contribution in [3.8, 4) is 0 Å². The van der Waals surface area contributed by atoms with E-state index in [-0.39, 0.29) is 24.3 Å². The maximum Gasteiger partial charge on any atom is 0.244 e. The number of hydrogen-bond donors (Lipinski definition) is 1. The number of hydrogen-bond acceptors (Lipinski definition) is 3. The number of benzene rings is 2. The van der Waals surface area contributed by atoms with Crippen LogP contribution in [-0.4, -0.2) is 24.1 Å². The molecule has 0 saturated heterocycles. The van der Waals surface area contributed by atoms with Gasteiger partial charge >= 0.3 is 0 Å². The van der Waals surface area contributed by atoms with Crippen LogP contribution in [0.25, 0.3) is 0 Å². The summed E-state index contributed by atoms with van der Waals surface area (Å²) in [5, 5.41) is 3.38. The van der Waals surface area contributed by atoms with Crippen LogP contribution in [0.15, 0.2) is 41.4 Å². The van der Waals surface area contributed by atoms with Gasteiger partial charge in [0.25, 0.3) is 0 Å². The average molecular weight is 396 g/mol. The van der Waals surface area contributed by atoms with Crippen LogP contribution in [0.4, 0.5) is 17.1 Å². The Balaban J connectivity index is 1.67. The lowest BCUT2D eigenvalue weighted by molar-refractivity contribution is -0.122. The van der Waals surface area contributed by atoms with E-state index in [1.807, 2.05) is 26.0 Å². The van der Waals surface area contributed by atoms with Gasteiger partial charge in [-0.25, -0.2) is 0 Å². The molecule has 1 fully saturated rings. The second-order valence-corrected chi connectivity index (χ2v) is 7.89. The number of aliphatic imine (C=N–C) groups is 1. The largest absolute Gasteiger partial charge is 0.324 e. The molecule has 2 amide bonds. The van der Waals surface area contributed by atoms with Crippen LogP contribution in [0.5, 0.6) is 0 Å². The van der Waals surface area contributed by atoms with Gasteiger partial charge in [-0.05, 0) is 74.6 Å². The fraction of sp³-hybridized carbons (Fsp3) is 0.318. The van der Waals surface area contributed by atoms with E-state index >= 15 is 0 Å². The number of anilines is 2. The van der Waals surface area contributed by atoms with Crippen LogP contribution >= 0.6 is 11.6 Å². The Labute approximate surface area is 169 Å². The van der Waals surface area contributed by atoms with Crippen molar-refractivity contribution in [2.75, 3.05) is 16.8 Å². The fourth-order valence-electron chi connectivity index (χ4n) is 3.85. The van der Waals surface area contributed by atoms with Crippen LogP contribution in [0.3, 0.4) is 0 Å².